The topological polar surface area (TPSA) is 85.2 Å². The number of hydrogen-bond acceptors (Lipinski definition) is 5. The van der Waals surface area contributed by atoms with Gasteiger partial charge in [0.25, 0.3) is 5.92 Å². The number of carbonyl (C=O) groups is 3. The van der Waals surface area contributed by atoms with E-state index in [1.165, 1.54) is 11.6 Å². The standard InChI is InChI=1S/C20H20F2N4O3/c1-10(27)18-13-3-2-4-23-19(13)25(24-18)9-17(29)26-14-5-11(14)6-15(26)16(28)7-12-8-20(12,21)22/h2-4,11-12,14-15H,5-9H2,1H3/t11-,12?,14-,15+/m1/s1. The van der Waals surface area contributed by atoms with Crippen LogP contribution in [0.1, 0.15) is 43.1 Å². The molecule has 0 spiro atoms. The van der Waals surface area contributed by atoms with Crippen LogP contribution in [0.4, 0.5) is 8.78 Å². The number of ketones is 2. The normalized spacial score (nSPS) is 29.0. The summed E-state index contributed by atoms with van der Waals surface area (Å²) in [6, 6.07) is 2.78. The predicted molar refractivity (Wildman–Crippen MR) is 97.4 cm³/mol. The van der Waals surface area contributed by atoms with Gasteiger partial charge in [0.05, 0.1) is 11.4 Å². The van der Waals surface area contributed by atoms with Crippen molar-refractivity contribution in [2.75, 3.05) is 0 Å². The van der Waals surface area contributed by atoms with E-state index in [1.54, 1.807) is 23.2 Å². The monoisotopic (exact) mass is 402 g/mol. The number of aromatic nitrogens is 3. The van der Waals surface area contributed by atoms with E-state index in [-0.39, 0.29) is 54.5 Å². The molecular formula is C20H20F2N4O3. The van der Waals surface area contributed by atoms with Crippen LogP contribution in [0.3, 0.4) is 0 Å². The molecule has 0 bridgehead atoms. The van der Waals surface area contributed by atoms with E-state index in [0.29, 0.717) is 17.5 Å². The lowest BCUT2D eigenvalue weighted by Gasteiger charge is -2.26. The molecule has 152 valence electrons. The number of carbonyl (C=O) groups excluding carboxylic acids is 3. The molecule has 0 N–H and O–H groups in total. The summed E-state index contributed by atoms with van der Waals surface area (Å²) < 4.78 is 27.8. The van der Waals surface area contributed by atoms with Gasteiger partial charge >= 0.3 is 0 Å². The lowest BCUT2D eigenvalue weighted by molar-refractivity contribution is -0.139. The molecule has 0 aromatic carbocycles. The SMILES string of the molecule is CC(=O)c1nn(CC(=O)N2[C@@H]3C[C@@H]3C[C@H]2C(=O)CC2CC2(F)F)c2ncccc12. The van der Waals surface area contributed by atoms with Crippen molar-refractivity contribution in [2.24, 2.45) is 11.8 Å². The number of Topliss-reactive ketones (excluding diaryl/α,β-unsaturated/α-hetero) is 2. The summed E-state index contributed by atoms with van der Waals surface area (Å²) in [5.74, 6) is -4.15. The summed E-state index contributed by atoms with van der Waals surface area (Å²) in [5.41, 5.74) is 0.674. The molecule has 3 heterocycles. The zero-order valence-electron chi connectivity index (χ0n) is 15.8. The first-order chi connectivity index (χ1) is 13.8. The minimum absolute atomic E-state index is 0.00164. The summed E-state index contributed by atoms with van der Waals surface area (Å²) in [6.45, 7) is 1.26. The van der Waals surface area contributed by atoms with E-state index in [2.05, 4.69) is 10.1 Å². The third-order valence-corrected chi connectivity index (χ3v) is 6.29. The molecule has 1 aliphatic heterocycles. The van der Waals surface area contributed by atoms with E-state index in [1.807, 2.05) is 0 Å². The van der Waals surface area contributed by atoms with Gasteiger partial charge in [-0.1, -0.05) is 0 Å². The van der Waals surface area contributed by atoms with Gasteiger partial charge in [0, 0.05) is 37.9 Å². The Labute approximate surface area is 165 Å². The highest BCUT2D eigenvalue weighted by Gasteiger charge is 2.60. The van der Waals surface area contributed by atoms with E-state index in [0.717, 1.165) is 6.42 Å². The van der Waals surface area contributed by atoms with Crippen molar-refractivity contribution < 1.29 is 23.2 Å². The second-order valence-corrected chi connectivity index (χ2v) is 8.39. The van der Waals surface area contributed by atoms with Gasteiger partial charge in [-0.2, -0.15) is 5.10 Å². The zero-order chi connectivity index (χ0) is 20.5. The number of hydrogen-bond donors (Lipinski definition) is 0. The van der Waals surface area contributed by atoms with Gasteiger partial charge in [0.2, 0.25) is 5.91 Å². The minimum atomic E-state index is -2.74. The molecule has 4 atom stereocenters. The maximum absolute atomic E-state index is 13.2. The van der Waals surface area contributed by atoms with E-state index < -0.39 is 17.9 Å². The highest BCUT2D eigenvalue weighted by Crippen LogP contribution is 2.53. The van der Waals surface area contributed by atoms with Crippen LogP contribution in [0.15, 0.2) is 18.3 Å². The molecular weight excluding hydrogens is 382 g/mol. The molecule has 1 unspecified atom stereocenters. The summed E-state index contributed by atoms with van der Waals surface area (Å²) in [7, 11) is 0. The smallest absolute Gasteiger partial charge is 0.252 e. The van der Waals surface area contributed by atoms with Crippen LogP contribution >= 0.6 is 0 Å². The van der Waals surface area contributed by atoms with Crippen LogP contribution < -0.4 is 0 Å². The molecule has 2 aliphatic carbocycles. The Kier molecular flexibility index (Phi) is 3.88. The average molecular weight is 402 g/mol. The Bertz CT molecular complexity index is 1050. The average Bonchev–Trinajstić information content (AvgIpc) is 3.44. The fourth-order valence-corrected chi connectivity index (χ4v) is 4.56. The molecule has 7 nitrogen and oxygen atoms in total. The Balaban J connectivity index is 1.37. The molecule has 2 aromatic rings. The van der Waals surface area contributed by atoms with Crippen LogP contribution in [0, 0.1) is 11.8 Å². The third kappa shape index (κ3) is 3.03. The number of alkyl halides is 2. The third-order valence-electron chi connectivity index (χ3n) is 6.29. The van der Waals surface area contributed by atoms with Gasteiger partial charge < -0.3 is 4.90 Å². The summed E-state index contributed by atoms with van der Waals surface area (Å²) in [6.07, 6.45) is 2.52. The molecule has 0 radical (unpaired) electrons. The van der Waals surface area contributed by atoms with E-state index in [4.69, 9.17) is 0 Å². The van der Waals surface area contributed by atoms with Gasteiger partial charge in [0.1, 0.15) is 12.2 Å². The Morgan fingerprint density at radius 2 is 2.03 bits per heavy atom. The lowest BCUT2D eigenvalue weighted by atomic mass is 10.0. The molecule has 9 heteroatoms. The second-order valence-electron chi connectivity index (χ2n) is 8.39. The summed E-state index contributed by atoms with van der Waals surface area (Å²) >= 11 is 0. The summed E-state index contributed by atoms with van der Waals surface area (Å²) in [5, 5.41) is 4.83. The Hall–Kier alpha value is -2.71. The van der Waals surface area contributed by atoms with Gasteiger partial charge in [-0.05, 0) is 30.9 Å². The van der Waals surface area contributed by atoms with Crippen molar-refractivity contribution in [1.29, 1.82) is 0 Å². The molecule has 1 saturated heterocycles. The number of piperidine rings is 1. The second kappa shape index (κ2) is 6.14. The quantitative estimate of drug-likeness (QED) is 0.692. The largest absolute Gasteiger partial charge is 0.328 e. The fraction of sp³-hybridized carbons (Fsp3) is 0.550. The number of rotatable bonds is 6. The molecule has 3 aliphatic rings. The zero-order valence-corrected chi connectivity index (χ0v) is 15.8. The van der Waals surface area contributed by atoms with E-state index in [9.17, 15) is 23.2 Å². The van der Waals surface area contributed by atoms with Gasteiger partial charge in [-0.25, -0.2) is 18.4 Å². The van der Waals surface area contributed by atoms with Crippen molar-refractivity contribution >= 4 is 28.5 Å². The van der Waals surface area contributed by atoms with Gasteiger partial charge in [0.15, 0.2) is 17.2 Å². The van der Waals surface area contributed by atoms with Gasteiger partial charge in [-0.3, -0.25) is 14.4 Å². The number of pyridine rings is 1. The van der Waals surface area contributed by atoms with Crippen LogP contribution in [-0.4, -0.2) is 55.1 Å². The molecule has 29 heavy (non-hydrogen) atoms. The molecule has 5 rings (SSSR count). The first kappa shape index (κ1) is 18.3. The molecule has 1 amide bonds. The fourth-order valence-electron chi connectivity index (χ4n) is 4.56. The number of likely N-dealkylation sites (tertiary alicyclic amines) is 1. The van der Waals surface area contributed by atoms with Crippen LogP contribution in [0.25, 0.3) is 11.0 Å². The number of fused-ring (bicyclic) bond motifs is 2. The Morgan fingerprint density at radius 1 is 1.28 bits per heavy atom. The predicted octanol–water partition coefficient (Wildman–Crippen LogP) is 2.24. The van der Waals surface area contributed by atoms with Crippen molar-refractivity contribution in [1.82, 2.24) is 19.7 Å². The van der Waals surface area contributed by atoms with Gasteiger partial charge in [-0.15, -0.1) is 0 Å². The number of nitrogens with zero attached hydrogens (tertiary/aromatic N) is 4. The maximum atomic E-state index is 13.2. The van der Waals surface area contributed by atoms with Crippen LogP contribution in [-0.2, 0) is 16.1 Å². The molecule has 2 aromatic heterocycles. The van der Waals surface area contributed by atoms with Crippen molar-refractivity contribution in [3.8, 4) is 0 Å². The number of amides is 1. The van der Waals surface area contributed by atoms with Crippen LogP contribution in [0.2, 0.25) is 0 Å². The van der Waals surface area contributed by atoms with Crippen molar-refractivity contribution in [2.45, 2.75) is 57.2 Å². The maximum Gasteiger partial charge on any atom is 0.252 e. The highest BCUT2D eigenvalue weighted by atomic mass is 19.3. The van der Waals surface area contributed by atoms with E-state index >= 15 is 0 Å². The highest BCUT2D eigenvalue weighted by molar-refractivity contribution is 6.04. The lowest BCUT2D eigenvalue weighted by Crippen LogP contribution is -2.45. The molecule has 2 saturated carbocycles. The van der Waals surface area contributed by atoms with Crippen LogP contribution in [0.5, 0.6) is 0 Å². The Morgan fingerprint density at radius 3 is 2.72 bits per heavy atom. The first-order valence-corrected chi connectivity index (χ1v) is 9.80. The first-order valence-electron chi connectivity index (χ1n) is 9.80. The molecule has 3 fully saturated rings. The van der Waals surface area contributed by atoms with Crippen molar-refractivity contribution in [3.63, 3.8) is 0 Å². The number of halogens is 2. The minimum Gasteiger partial charge on any atom is -0.328 e. The van der Waals surface area contributed by atoms with Crippen molar-refractivity contribution in [3.05, 3.63) is 24.0 Å². The summed E-state index contributed by atoms with van der Waals surface area (Å²) in [4.78, 5) is 43.4.